The van der Waals surface area contributed by atoms with Crippen LogP contribution in [0.1, 0.15) is 24.2 Å². The Hall–Kier alpha value is -1.79. The fraction of sp³-hybridized carbons (Fsp3) is 0.533. The summed E-state index contributed by atoms with van der Waals surface area (Å²) in [4.78, 5) is 2.48. The number of likely N-dealkylation sites (tertiary alicyclic amines) is 1. The molecule has 0 spiro atoms. The zero-order chi connectivity index (χ0) is 14.5. The number of hydrogen-bond acceptors (Lipinski definition) is 5. The largest absolute Gasteiger partial charge is 0.318 e. The molecule has 21 heavy (non-hydrogen) atoms. The molecule has 1 N–H and O–H groups in total. The quantitative estimate of drug-likeness (QED) is 0.855. The van der Waals surface area contributed by atoms with Gasteiger partial charge in [-0.25, -0.2) is 4.68 Å². The van der Waals surface area contributed by atoms with Gasteiger partial charge in [0.05, 0.1) is 13.1 Å². The molecule has 1 saturated heterocycles. The summed E-state index contributed by atoms with van der Waals surface area (Å²) >= 11 is 0. The number of tetrazole rings is 1. The van der Waals surface area contributed by atoms with Crippen molar-refractivity contribution in [2.24, 2.45) is 0 Å². The summed E-state index contributed by atoms with van der Waals surface area (Å²) in [7, 11) is 2.01. The van der Waals surface area contributed by atoms with Crippen molar-refractivity contribution in [3.05, 3.63) is 41.7 Å². The van der Waals surface area contributed by atoms with Crippen LogP contribution in [0.3, 0.4) is 0 Å². The van der Waals surface area contributed by atoms with Gasteiger partial charge in [-0.3, -0.25) is 4.90 Å². The van der Waals surface area contributed by atoms with Crippen LogP contribution in [-0.4, -0.2) is 51.3 Å². The third-order valence-electron chi connectivity index (χ3n) is 4.06. The smallest absolute Gasteiger partial charge is 0.165 e. The van der Waals surface area contributed by atoms with E-state index in [0.29, 0.717) is 6.04 Å². The second kappa shape index (κ2) is 6.78. The van der Waals surface area contributed by atoms with Crippen LogP contribution in [-0.2, 0) is 13.1 Å². The summed E-state index contributed by atoms with van der Waals surface area (Å²) in [6.45, 7) is 3.71. The Labute approximate surface area is 125 Å². The lowest BCUT2D eigenvalue weighted by atomic mass is 10.2. The van der Waals surface area contributed by atoms with E-state index in [9.17, 15) is 0 Å². The van der Waals surface area contributed by atoms with E-state index in [1.54, 1.807) is 0 Å². The van der Waals surface area contributed by atoms with Crippen LogP contribution in [0.4, 0.5) is 0 Å². The summed E-state index contributed by atoms with van der Waals surface area (Å²) < 4.78 is 1.91. The molecule has 1 fully saturated rings. The molecular formula is C15H22N6. The molecular weight excluding hydrogens is 264 g/mol. The Kier molecular flexibility index (Phi) is 4.57. The van der Waals surface area contributed by atoms with Crippen LogP contribution in [0.5, 0.6) is 0 Å². The number of nitrogens with one attached hydrogen (secondary N) is 1. The molecule has 2 aromatic rings. The monoisotopic (exact) mass is 286 g/mol. The minimum absolute atomic E-state index is 0.594. The van der Waals surface area contributed by atoms with Gasteiger partial charge in [0.1, 0.15) is 0 Å². The second-order valence-corrected chi connectivity index (χ2v) is 5.56. The van der Waals surface area contributed by atoms with E-state index in [1.807, 2.05) is 29.9 Å². The van der Waals surface area contributed by atoms with Crippen molar-refractivity contribution in [2.45, 2.75) is 32.0 Å². The first kappa shape index (κ1) is 14.2. The van der Waals surface area contributed by atoms with E-state index in [1.165, 1.54) is 18.4 Å². The summed E-state index contributed by atoms with van der Waals surface area (Å²) in [5.41, 5.74) is 1.22. The van der Waals surface area contributed by atoms with Gasteiger partial charge in [-0.1, -0.05) is 30.3 Å². The number of rotatable bonds is 6. The number of benzene rings is 1. The van der Waals surface area contributed by atoms with Gasteiger partial charge in [-0.2, -0.15) is 0 Å². The van der Waals surface area contributed by atoms with Gasteiger partial charge in [0, 0.05) is 12.6 Å². The third-order valence-corrected chi connectivity index (χ3v) is 4.06. The van der Waals surface area contributed by atoms with Gasteiger partial charge >= 0.3 is 0 Å². The number of aromatic nitrogens is 4. The van der Waals surface area contributed by atoms with Gasteiger partial charge in [0.2, 0.25) is 0 Å². The Bertz CT molecular complexity index is 552. The average molecular weight is 286 g/mol. The van der Waals surface area contributed by atoms with Crippen molar-refractivity contribution in [3.8, 4) is 0 Å². The van der Waals surface area contributed by atoms with E-state index >= 15 is 0 Å². The van der Waals surface area contributed by atoms with E-state index in [0.717, 1.165) is 32.0 Å². The highest BCUT2D eigenvalue weighted by Gasteiger charge is 2.25. The Balaban J connectivity index is 1.68. The highest BCUT2D eigenvalue weighted by molar-refractivity contribution is 5.14. The molecule has 112 valence electrons. The van der Waals surface area contributed by atoms with E-state index < -0.39 is 0 Å². The van der Waals surface area contributed by atoms with Crippen molar-refractivity contribution in [2.75, 3.05) is 20.1 Å². The summed E-state index contributed by atoms with van der Waals surface area (Å²) in [5.74, 6) is 0.946. The van der Waals surface area contributed by atoms with Crippen molar-refractivity contribution < 1.29 is 0 Å². The third kappa shape index (κ3) is 3.46. The molecule has 0 aliphatic carbocycles. The molecule has 0 amide bonds. The van der Waals surface area contributed by atoms with Crippen LogP contribution < -0.4 is 5.32 Å². The zero-order valence-corrected chi connectivity index (χ0v) is 12.4. The van der Waals surface area contributed by atoms with Crippen LogP contribution in [0, 0.1) is 0 Å². The van der Waals surface area contributed by atoms with Crippen LogP contribution in [0.2, 0.25) is 0 Å². The Morgan fingerprint density at radius 1 is 1.24 bits per heavy atom. The van der Waals surface area contributed by atoms with Crippen LogP contribution in [0.25, 0.3) is 0 Å². The molecule has 1 aromatic heterocycles. The van der Waals surface area contributed by atoms with E-state index in [4.69, 9.17) is 0 Å². The van der Waals surface area contributed by atoms with Crippen molar-refractivity contribution in [3.63, 3.8) is 0 Å². The second-order valence-electron chi connectivity index (χ2n) is 5.56. The number of nitrogens with zero attached hydrogens (tertiary/aromatic N) is 5. The first-order chi connectivity index (χ1) is 10.4. The molecule has 0 radical (unpaired) electrons. The minimum atomic E-state index is 0.594. The predicted octanol–water partition coefficient (Wildman–Crippen LogP) is 0.905. The maximum atomic E-state index is 4.21. The number of likely N-dealkylation sites (N-methyl/N-ethyl adjacent to an activating group) is 1. The lowest BCUT2D eigenvalue weighted by Gasteiger charge is -2.23. The summed E-state index contributed by atoms with van der Waals surface area (Å²) in [6, 6.07) is 10.9. The topological polar surface area (TPSA) is 58.9 Å². The molecule has 3 rings (SSSR count). The number of hydrogen-bond donors (Lipinski definition) is 1. The van der Waals surface area contributed by atoms with Crippen molar-refractivity contribution in [1.29, 1.82) is 0 Å². The maximum Gasteiger partial charge on any atom is 0.165 e. The molecule has 1 aliphatic rings. The van der Waals surface area contributed by atoms with Gasteiger partial charge in [0.25, 0.3) is 0 Å². The Morgan fingerprint density at radius 3 is 2.90 bits per heavy atom. The normalized spacial score (nSPS) is 19.2. The molecule has 2 heterocycles. The molecule has 6 nitrogen and oxygen atoms in total. The van der Waals surface area contributed by atoms with E-state index in [-0.39, 0.29) is 0 Å². The van der Waals surface area contributed by atoms with Gasteiger partial charge < -0.3 is 5.32 Å². The summed E-state index contributed by atoms with van der Waals surface area (Å²) in [6.07, 6.45) is 2.51. The van der Waals surface area contributed by atoms with Crippen molar-refractivity contribution >= 4 is 0 Å². The lowest BCUT2D eigenvalue weighted by Crippen LogP contribution is -2.37. The molecule has 1 aromatic carbocycles. The molecule has 0 saturated carbocycles. The maximum absolute atomic E-state index is 4.21. The van der Waals surface area contributed by atoms with Crippen LogP contribution >= 0.6 is 0 Å². The first-order valence-electron chi connectivity index (χ1n) is 7.54. The minimum Gasteiger partial charge on any atom is -0.318 e. The zero-order valence-electron chi connectivity index (χ0n) is 12.4. The fourth-order valence-electron chi connectivity index (χ4n) is 2.97. The molecule has 1 aliphatic heterocycles. The van der Waals surface area contributed by atoms with Gasteiger partial charge in [0.15, 0.2) is 5.82 Å². The molecule has 6 heteroatoms. The SMILES string of the molecule is CNCC1CCCN1Cc1nnnn1Cc1ccccc1. The first-order valence-corrected chi connectivity index (χ1v) is 7.54. The molecule has 1 atom stereocenters. The summed E-state index contributed by atoms with van der Waals surface area (Å²) in [5, 5.41) is 15.5. The average Bonchev–Trinajstić information content (AvgIpc) is 3.12. The Morgan fingerprint density at radius 2 is 2.10 bits per heavy atom. The predicted molar refractivity (Wildman–Crippen MR) is 80.7 cm³/mol. The van der Waals surface area contributed by atoms with E-state index in [2.05, 4.69) is 37.9 Å². The fourth-order valence-corrected chi connectivity index (χ4v) is 2.97. The molecule has 0 bridgehead atoms. The van der Waals surface area contributed by atoms with Gasteiger partial charge in [-0.05, 0) is 42.4 Å². The molecule has 1 unspecified atom stereocenters. The lowest BCUT2D eigenvalue weighted by molar-refractivity contribution is 0.232. The van der Waals surface area contributed by atoms with Gasteiger partial charge in [-0.15, -0.1) is 5.10 Å². The standard InChI is InChI=1S/C15H22N6/c1-16-10-14-8-5-9-20(14)12-15-17-18-19-21(15)11-13-6-3-2-4-7-13/h2-4,6-7,14,16H,5,8-12H2,1H3. The van der Waals surface area contributed by atoms with Crippen LogP contribution in [0.15, 0.2) is 30.3 Å². The van der Waals surface area contributed by atoms with Crippen molar-refractivity contribution in [1.82, 2.24) is 30.4 Å². The highest BCUT2D eigenvalue weighted by atomic mass is 15.5. The highest BCUT2D eigenvalue weighted by Crippen LogP contribution is 2.18.